The molecule has 6 rings (SSSR count). The lowest BCUT2D eigenvalue weighted by molar-refractivity contribution is 1.53. The first-order valence-corrected chi connectivity index (χ1v) is 11.5. The second-order valence-electron chi connectivity index (χ2n) is 8.07. The number of aromatic amines is 1. The summed E-state index contributed by atoms with van der Waals surface area (Å²) in [7, 11) is 0. The molecule has 0 aliphatic heterocycles. The molecule has 5 aromatic carbocycles. The quantitative estimate of drug-likeness (QED) is 0.263. The van der Waals surface area contributed by atoms with Gasteiger partial charge >= 0.3 is 0 Å². The number of halogens is 1. The minimum atomic E-state index is 1.09. The van der Waals surface area contributed by atoms with E-state index in [1.54, 1.807) is 0 Å². The van der Waals surface area contributed by atoms with Gasteiger partial charge in [-0.1, -0.05) is 94.8 Å². The topological polar surface area (TPSA) is 15.8 Å². The van der Waals surface area contributed by atoms with Gasteiger partial charge in [-0.05, 0) is 69.8 Å². The maximum atomic E-state index is 3.65. The molecule has 0 saturated carbocycles. The van der Waals surface area contributed by atoms with Crippen molar-refractivity contribution in [1.29, 1.82) is 0 Å². The zero-order valence-corrected chi connectivity index (χ0v) is 18.9. The summed E-state index contributed by atoms with van der Waals surface area (Å²) in [5, 5.41) is 2.50. The lowest BCUT2D eigenvalue weighted by atomic mass is 9.92. The highest BCUT2D eigenvalue weighted by atomic mass is 79.9. The summed E-state index contributed by atoms with van der Waals surface area (Å²) in [6, 6.07) is 41.1. The maximum absolute atomic E-state index is 3.65. The molecule has 0 bridgehead atoms. The lowest BCUT2D eigenvalue weighted by Crippen LogP contribution is -1.86. The number of aromatic nitrogens is 1. The Balaban J connectivity index is 1.63. The summed E-state index contributed by atoms with van der Waals surface area (Å²) in [6.07, 6.45) is 0. The van der Waals surface area contributed by atoms with Crippen LogP contribution in [0.15, 0.2) is 120 Å². The molecule has 2 heteroatoms. The largest absolute Gasteiger partial charge is 0.354 e. The Kier molecular flexibility index (Phi) is 4.66. The number of H-pyrrole nitrogens is 1. The van der Waals surface area contributed by atoms with Gasteiger partial charge in [0.2, 0.25) is 0 Å². The molecule has 32 heavy (non-hydrogen) atoms. The minimum Gasteiger partial charge on any atom is -0.354 e. The predicted octanol–water partition coefficient (Wildman–Crippen LogP) is 9.08. The van der Waals surface area contributed by atoms with E-state index in [1.165, 1.54) is 44.2 Å². The van der Waals surface area contributed by atoms with Crippen LogP contribution in [0, 0.1) is 0 Å². The average molecular weight is 474 g/mol. The van der Waals surface area contributed by atoms with Gasteiger partial charge in [-0.3, -0.25) is 0 Å². The molecule has 152 valence electrons. The van der Waals surface area contributed by atoms with E-state index in [0.717, 1.165) is 15.5 Å². The van der Waals surface area contributed by atoms with Crippen LogP contribution in [-0.2, 0) is 0 Å². The third-order valence-electron chi connectivity index (χ3n) is 6.08. The molecule has 1 aromatic heterocycles. The van der Waals surface area contributed by atoms with Crippen LogP contribution in [0.5, 0.6) is 0 Å². The molecule has 0 spiro atoms. The molecule has 0 fully saturated rings. The third kappa shape index (κ3) is 3.34. The Hall–Kier alpha value is -3.62. The molecule has 0 aliphatic carbocycles. The number of fused-ring (bicyclic) bond motifs is 3. The molecule has 6 aromatic rings. The summed E-state index contributed by atoms with van der Waals surface area (Å²) in [5.74, 6) is 0. The Morgan fingerprint density at radius 2 is 1.00 bits per heavy atom. The smallest absolute Gasteiger partial charge is 0.0471 e. The average Bonchev–Trinajstić information content (AvgIpc) is 3.22. The first kappa shape index (κ1) is 19.1. The molecular formula is C30H20BrN. The molecule has 0 aliphatic rings. The van der Waals surface area contributed by atoms with E-state index in [4.69, 9.17) is 0 Å². The molecular weight excluding hydrogens is 454 g/mol. The van der Waals surface area contributed by atoms with Crippen LogP contribution in [0.4, 0.5) is 0 Å². The fraction of sp³-hybridized carbons (Fsp3) is 0. The first-order valence-electron chi connectivity index (χ1n) is 10.7. The molecule has 0 radical (unpaired) electrons. The third-order valence-corrected chi connectivity index (χ3v) is 6.61. The number of hydrogen-bond donors (Lipinski definition) is 1. The summed E-state index contributed by atoms with van der Waals surface area (Å²) < 4.78 is 1.09. The molecule has 1 heterocycles. The standard InChI is InChI=1S/C30H20BrN/c31-24-14-11-22(12-15-24)26-19-30-28(18-25(26)21-9-5-2-6-10-21)27-17-23(13-16-29(27)32-30)20-7-3-1-4-8-20/h1-19,32H. The molecule has 0 saturated heterocycles. The maximum Gasteiger partial charge on any atom is 0.0471 e. The van der Waals surface area contributed by atoms with E-state index >= 15 is 0 Å². The summed E-state index contributed by atoms with van der Waals surface area (Å²) in [6.45, 7) is 0. The van der Waals surface area contributed by atoms with Crippen molar-refractivity contribution in [2.75, 3.05) is 0 Å². The van der Waals surface area contributed by atoms with Crippen molar-refractivity contribution in [2.45, 2.75) is 0 Å². The molecule has 1 N–H and O–H groups in total. The van der Waals surface area contributed by atoms with Crippen LogP contribution in [0.2, 0.25) is 0 Å². The SMILES string of the molecule is Brc1ccc(-c2cc3[nH]c4ccc(-c5ccccc5)cc4c3cc2-c2ccccc2)cc1. The second-order valence-corrected chi connectivity index (χ2v) is 8.98. The van der Waals surface area contributed by atoms with Gasteiger partial charge < -0.3 is 4.98 Å². The molecule has 1 nitrogen and oxygen atoms in total. The number of rotatable bonds is 3. The normalized spacial score (nSPS) is 11.3. The zero-order chi connectivity index (χ0) is 21.5. The molecule has 0 unspecified atom stereocenters. The highest BCUT2D eigenvalue weighted by molar-refractivity contribution is 9.10. The summed E-state index contributed by atoms with van der Waals surface area (Å²) in [5.41, 5.74) is 9.68. The first-order chi connectivity index (χ1) is 15.8. The van der Waals surface area contributed by atoms with Crippen LogP contribution in [0.1, 0.15) is 0 Å². The van der Waals surface area contributed by atoms with Crippen LogP contribution >= 0.6 is 15.9 Å². The van der Waals surface area contributed by atoms with Gasteiger partial charge in [-0.2, -0.15) is 0 Å². The van der Waals surface area contributed by atoms with Crippen LogP contribution in [-0.4, -0.2) is 4.98 Å². The molecule has 0 amide bonds. The van der Waals surface area contributed by atoms with Gasteiger partial charge in [0.15, 0.2) is 0 Å². The Morgan fingerprint density at radius 3 is 1.72 bits per heavy atom. The van der Waals surface area contributed by atoms with Crippen molar-refractivity contribution in [3.63, 3.8) is 0 Å². The fourth-order valence-corrected chi connectivity index (χ4v) is 4.75. The van der Waals surface area contributed by atoms with Crippen LogP contribution < -0.4 is 0 Å². The van der Waals surface area contributed by atoms with Crippen LogP contribution in [0.25, 0.3) is 55.2 Å². The highest BCUT2D eigenvalue weighted by Gasteiger charge is 2.13. The van der Waals surface area contributed by atoms with Gasteiger partial charge in [0.05, 0.1) is 0 Å². The number of nitrogens with one attached hydrogen (secondary N) is 1. The molecule has 0 atom stereocenters. The van der Waals surface area contributed by atoms with Gasteiger partial charge in [0.25, 0.3) is 0 Å². The Bertz CT molecular complexity index is 1550. The highest BCUT2D eigenvalue weighted by Crippen LogP contribution is 2.39. The van der Waals surface area contributed by atoms with Gasteiger partial charge in [-0.25, -0.2) is 0 Å². The summed E-state index contributed by atoms with van der Waals surface area (Å²) in [4.78, 5) is 3.65. The van der Waals surface area contributed by atoms with E-state index in [-0.39, 0.29) is 0 Å². The van der Waals surface area contributed by atoms with E-state index in [0.29, 0.717) is 0 Å². The van der Waals surface area contributed by atoms with Crippen molar-refractivity contribution in [2.24, 2.45) is 0 Å². The zero-order valence-electron chi connectivity index (χ0n) is 17.3. The summed E-state index contributed by atoms with van der Waals surface area (Å²) >= 11 is 3.56. The van der Waals surface area contributed by atoms with Gasteiger partial charge in [0.1, 0.15) is 0 Å². The number of hydrogen-bond acceptors (Lipinski definition) is 0. The van der Waals surface area contributed by atoms with Crippen molar-refractivity contribution in [3.05, 3.63) is 120 Å². The van der Waals surface area contributed by atoms with E-state index in [2.05, 4.69) is 136 Å². The Morgan fingerprint density at radius 1 is 0.438 bits per heavy atom. The number of benzene rings is 5. The minimum absolute atomic E-state index is 1.09. The van der Waals surface area contributed by atoms with Crippen molar-refractivity contribution in [3.8, 4) is 33.4 Å². The lowest BCUT2D eigenvalue weighted by Gasteiger charge is -2.12. The van der Waals surface area contributed by atoms with E-state index in [1.807, 2.05) is 0 Å². The van der Waals surface area contributed by atoms with Crippen molar-refractivity contribution < 1.29 is 0 Å². The monoisotopic (exact) mass is 473 g/mol. The Labute approximate surface area is 195 Å². The van der Waals surface area contributed by atoms with Crippen LogP contribution in [0.3, 0.4) is 0 Å². The van der Waals surface area contributed by atoms with Crippen molar-refractivity contribution in [1.82, 2.24) is 4.98 Å². The van der Waals surface area contributed by atoms with E-state index in [9.17, 15) is 0 Å². The van der Waals surface area contributed by atoms with Gasteiger partial charge in [0, 0.05) is 26.3 Å². The predicted molar refractivity (Wildman–Crippen MR) is 140 cm³/mol. The fourth-order valence-electron chi connectivity index (χ4n) is 4.48. The van der Waals surface area contributed by atoms with Gasteiger partial charge in [-0.15, -0.1) is 0 Å². The van der Waals surface area contributed by atoms with Crippen molar-refractivity contribution >= 4 is 37.7 Å². The van der Waals surface area contributed by atoms with E-state index < -0.39 is 0 Å². The second kappa shape index (κ2) is 7.81.